The third kappa shape index (κ3) is 2.97. The van der Waals surface area contributed by atoms with Gasteiger partial charge in [-0.3, -0.25) is 0 Å². The van der Waals surface area contributed by atoms with Crippen molar-refractivity contribution in [2.75, 3.05) is 0 Å². The molecule has 2 heterocycles. The van der Waals surface area contributed by atoms with Crippen LogP contribution in [0, 0.1) is 13.8 Å². The van der Waals surface area contributed by atoms with Crippen LogP contribution in [-0.4, -0.2) is 13.0 Å². The fourth-order valence-electron chi connectivity index (χ4n) is 2.48. The summed E-state index contributed by atoms with van der Waals surface area (Å²) < 4.78 is 29.4. The number of hydrogen-bond donors (Lipinski definition) is 1. The lowest BCUT2D eigenvalue weighted by Gasteiger charge is -2.14. The molecule has 0 unspecified atom stereocenters. The van der Waals surface area contributed by atoms with Crippen molar-refractivity contribution < 1.29 is 8.42 Å². The van der Waals surface area contributed by atoms with Gasteiger partial charge in [0.25, 0.3) is 0 Å². The second-order valence-corrected chi connectivity index (χ2v) is 8.06. The number of nitrogens with zero attached hydrogens (tertiary/aromatic N) is 1. The largest absolute Gasteiger partial charge is 0.346 e. The van der Waals surface area contributed by atoms with Gasteiger partial charge < -0.3 is 4.57 Å². The highest BCUT2D eigenvalue weighted by Crippen LogP contribution is 2.21. The Labute approximate surface area is 124 Å². The molecule has 0 radical (unpaired) electrons. The second-order valence-electron chi connectivity index (χ2n) is 5.12. The average molecular weight is 312 g/mol. The van der Waals surface area contributed by atoms with Crippen molar-refractivity contribution in [1.82, 2.24) is 9.29 Å². The normalized spacial score (nSPS) is 12.2. The number of aromatic nitrogens is 1. The smallest absolute Gasteiger partial charge is 0.250 e. The first-order chi connectivity index (χ1) is 9.33. The standard InChI is InChI=1S/C14H20N2O2S2/c1-10(2)16-11(3)8-13(12(16)4)9-15-20(17,18)14-6-5-7-19-14/h5-8,10,15H,9H2,1-4H3. The molecule has 0 saturated carbocycles. The molecule has 2 aromatic heterocycles. The summed E-state index contributed by atoms with van der Waals surface area (Å²) in [6.07, 6.45) is 0. The SMILES string of the molecule is Cc1cc(CNS(=O)(=O)c2cccs2)c(C)n1C(C)C. The van der Waals surface area contributed by atoms with Gasteiger partial charge in [0.05, 0.1) is 0 Å². The number of thiophene rings is 1. The molecule has 0 fully saturated rings. The van der Waals surface area contributed by atoms with Gasteiger partial charge in [0.2, 0.25) is 10.0 Å². The summed E-state index contributed by atoms with van der Waals surface area (Å²) in [6.45, 7) is 8.65. The molecular formula is C14H20N2O2S2. The Morgan fingerprint density at radius 3 is 2.55 bits per heavy atom. The predicted octanol–water partition coefficient (Wildman–Crippen LogP) is 3.23. The zero-order valence-corrected chi connectivity index (χ0v) is 13.8. The number of rotatable bonds is 5. The summed E-state index contributed by atoms with van der Waals surface area (Å²) in [5.74, 6) is 0. The van der Waals surface area contributed by atoms with Gasteiger partial charge in [-0.05, 0) is 50.8 Å². The van der Waals surface area contributed by atoms with Crippen LogP contribution in [0.3, 0.4) is 0 Å². The summed E-state index contributed by atoms with van der Waals surface area (Å²) in [7, 11) is -3.40. The van der Waals surface area contributed by atoms with Gasteiger partial charge in [-0.2, -0.15) is 0 Å². The summed E-state index contributed by atoms with van der Waals surface area (Å²) in [6, 6.07) is 5.78. The molecule has 110 valence electrons. The van der Waals surface area contributed by atoms with E-state index in [0.29, 0.717) is 16.8 Å². The Kier molecular flexibility index (Phi) is 4.36. The topological polar surface area (TPSA) is 51.1 Å². The third-order valence-electron chi connectivity index (χ3n) is 3.32. The zero-order chi connectivity index (χ0) is 14.9. The van der Waals surface area contributed by atoms with Gasteiger partial charge in [0, 0.05) is 24.0 Å². The van der Waals surface area contributed by atoms with Gasteiger partial charge in [0.1, 0.15) is 4.21 Å². The Balaban J connectivity index is 2.18. The highest BCUT2D eigenvalue weighted by atomic mass is 32.2. The van der Waals surface area contributed by atoms with E-state index in [1.807, 2.05) is 19.9 Å². The van der Waals surface area contributed by atoms with E-state index in [9.17, 15) is 8.42 Å². The third-order valence-corrected chi connectivity index (χ3v) is 6.12. The number of sulfonamides is 1. The summed E-state index contributed by atoms with van der Waals surface area (Å²) >= 11 is 1.23. The summed E-state index contributed by atoms with van der Waals surface area (Å²) in [5, 5.41) is 1.76. The Bertz CT molecular complexity index is 683. The van der Waals surface area contributed by atoms with Crippen molar-refractivity contribution in [3.63, 3.8) is 0 Å². The molecular weight excluding hydrogens is 292 g/mol. The minimum absolute atomic E-state index is 0.326. The summed E-state index contributed by atoms with van der Waals surface area (Å²) in [4.78, 5) is 0. The van der Waals surface area contributed by atoms with Crippen LogP contribution in [0.2, 0.25) is 0 Å². The number of hydrogen-bond acceptors (Lipinski definition) is 3. The van der Waals surface area contributed by atoms with Crippen LogP contribution in [0.15, 0.2) is 27.8 Å². The maximum atomic E-state index is 12.1. The molecule has 0 aromatic carbocycles. The minimum Gasteiger partial charge on any atom is -0.346 e. The van der Waals surface area contributed by atoms with Gasteiger partial charge >= 0.3 is 0 Å². The van der Waals surface area contributed by atoms with E-state index >= 15 is 0 Å². The van der Waals surface area contributed by atoms with Crippen molar-refractivity contribution in [2.45, 2.75) is 44.5 Å². The molecule has 4 nitrogen and oxygen atoms in total. The van der Waals surface area contributed by atoms with Crippen LogP contribution >= 0.6 is 11.3 Å². The van der Waals surface area contributed by atoms with E-state index in [1.54, 1.807) is 17.5 Å². The Hall–Kier alpha value is -1.11. The second kappa shape index (κ2) is 5.71. The van der Waals surface area contributed by atoms with E-state index in [0.717, 1.165) is 17.0 Å². The molecule has 0 amide bonds. The minimum atomic E-state index is -3.40. The van der Waals surface area contributed by atoms with E-state index in [1.165, 1.54) is 11.3 Å². The predicted molar refractivity (Wildman–Crippen MR) is 82.6 cm³/mol. The first kappa shape index (κ1) is 15.3. The molecule has 1 N–H and O–H groups in total. The number of aryl methyl sites for hydroxylation is 1. The van der Waals surface area contributed by atoms with Crippen LogP contribution in [0.4, 0.5) is 0 Å². The van der Waals surface area contributed by atoms with Gasteiger partial charge in [-0.1, -0.05) is 6.07 Å². The van der Waals surface area contributed by atoms with Gasteiger partial charge in [-0.25, -0.2) is 13.1 Å². The monoisotopic (exact) mass is 312 g/mol. The molecule has 0 saturated heterocycles. The summed E-state index contributed by atoms with van der Waals surface area (Å²) in [5.41, 5.74) is 3.30. The zero-order valence-electron chi connectivity index (χ0n) is 12.2. The Morgan fingerprint density at radius 1 is 1.35 bits per heavy atom. The average Bonchev–Trinajstić information content (AvgIpc) is 2.95. The fourth-order valence-corrected chi connectivity index (χ4v) is 4.52. The lowest BCUT2D eigenvalue weighted by molar-refractivity contribution is 0.570. The van der Waals surface area contributed by atoms with E-state index in [4.69, 9.17) is 0 Å². The Morgan fingerprint density at radius 2 is 2.05 bits per heavy atom. The lowest BCUT2D eigenvalue weighted by atomic mass is 10.2. The molecule has 0 bridgehead atoms. The van der Waals surface area contributed by atoms with Crippen molar-refractivity contribution >= 4 is 21.4 Å². The highest BCUT2D eigenvalue weighted by Gasteiger charge is 2.17. The molecule has 0 aliphatic carbocycles. The van der Waals surface area contributed by atoms with Crippen molar-refractivity contribution in [3.05, 3.63) is 40.5 Å². The van der Waals surface area contributed by atoms with Crippen LogP contribution in [0.25, 0.3) is 0 Å². The van der Waals surface area contributed by atoms with Crippen LogP contribution < -0.4 is 4.72 Å². The number of nitrogens with one attached hydrogen (secondary N) is 1. The van der Waals surface area contributed by atoms with E-state index in [2.05, 4.69) is 23.1 Å². The van der Waals surface area contributed by atoms with Crippen LogP contribution in [-0.2, 0) is 16.6 Å². The fraction of sp³-hybridized carbons (Fsp3) is 0.429. The van der Waals surface area contributed by atoms with Gasteiger partial charge in [0.15, 0.2) is 0 Å². The lowest BCUT2D eigenvalue weighted by Crippen LogP contribution is -2.22. The molecule has 0 atom stereocenters. The first-order valence-electron chi connectivity index (χ1n) is 6.53. The highest BCUT2D eigenvalue weighted by molar-refractivity contribution is 7.91. The van der Waals surface area contributed by atoms with E-state index in [-0.39, 0.29) is 0 Å². The molecule has 2 aromatic rings. The molecule has 20 heavy (non-hydrogen) atoms. The molecule has 0 spiro atoms. The molecule has 0 aliphatic rings. The first-order valence-corrected chi connectivity index (χ1v) is 8.89. The maximum absolute atomic E-state index is 12.1. The van der Waals surface area contributed by atoms with Crippen LogP contribution in [0.5, 0.6) is 0 Å². The maximum Gasteiger partial charge on any atom is 0.250 e. The van der Waals surface area contributed by atoms with Crippen molar-refractivity contribution in [3.8, 4) is 0 Å². The molecule has 2 rings (SSSR count). The quantitative estimate of drug-likeness (QED) is 0.921. The van der Waals surface area contributed by atoms with Crippen molar-refractivity contribution in [1.29, 1.82) is 0 Å². The van der Waals surface area contributed by atoms with Crippen molar-refractivity contribution in [2.24, 2.45) is 0 Å². The van der Waals surface area contributed by atoms with Crippen LogP contribution in [0.1, 0.15) is 36.8 Å². The van der Waals surface area contributed by atoms with E-state index < -0.39 is 10.0 Å². The van der Waals surface area contributed by atoms with Gasteiger partial charge in [-0.15, -0.1) is 11.3 Å². The molecule has 6 heteroatoms. The molecule has 0 aliphatic heterocycles.